The van der Waals surface area contributed by atoms with Crippen molar-refractivity contribution in [2.24, 2.45) is 0 Å². The van der Waals surface area contributed by atoms with E-state index in [1.54, 1.807) is 12.1 Å². The van der Waals surface area contributed by atoms with Crippen LogP contribution in [0.25, 0.3) is 0 Å². The van der Waals surface area contributed by atoms with Crippen molar-refractivity contribution in [1.29, 1.82) is 0 Å². The number of rotatable bonds is 5. The molecule has 5 nitrogen and oxygen atoms in total. The number of amides is 2. The molecule has 1 aromatic carbocycles. The highest BCUT2D eigenvalue weighted by molar-refractivity contribution is 8.00. The molecule has 0 radical (unpaired) electrons. The highest BCUT2D eigenvalue weighted by Crippen LogP contribution is 2.27. The number of benzene rings is 1. The van der Waals surface area contributed by atoms with Crippen LogP contribution in [0, 0.1) is 5.82 Å². The lowest BCUT2D eigenvalue weighted by Crippen LogP contribution is -2.42. The van der Waals surface area contributed by atoms with Crippen LogP contribution in [0.2, 0.25) is 0 Å². The van der Waals surface area contributed by atoms with E-state index in [4.69, 9.17) is 4.74 Å². The van der Waals surface area contributed by atoms with Gasteiger partial charge in [-0.05, 0) is 30.5 Å². The van der Waals surface area contributed by atoms with Crippen molar-refractivity contribution in [2.75, 3.05) is 24.8 Å². The molecule has 0 saturated carbocycles. The van der Waals surface area contributed by atoms with Crippen LogP contribution in [0.15, 0.2) is 24.3 Å². The van der Waals surface area contributed by atoms with Crippen molar-refractivity contribution in [1.82, 2.24) is 10.2 Å². The number of hydrogen-bond donors (Lipinski definition) is 1. The maximum absolute atomic E-state index is 13.1. The summed E-state index contributed by atoms with van der Waals surface area (Å²) in [5.74, 6) is 0.436. The third kappa shape index (κ3) is 4.03. The normalized spacial score (nSPS) is 22.4. The van der Waals surface area contributed by atoms with Crippen molar-refractivity contribution in [3.63, 3.8) is 0 Å². The fourth-order valence-corrected chi connectivity index (χ4v) is 3.76. The van der Waals surface area contributed by atoms with Crippen LogP contribution < -0.4 is 5.32 Å². The second-order valence-electron chi connectivity index (χ2n) is 5.72. The molecule has 0 aliphatic carbocycles. The first-order valence-corrected chi connectivity index (χ1v) is 8.81. The van der Waals surface area contributed by atoms with Crippen molar-refractivity contribution >= 4 is 23.6 Å². The van der Waals surface area contributed by atoms with E-state index in [9.17, 15) is 14.0 Å². The van der Waals surface area contributed by atoms with Crippen LogP contribution in [0.1, 0.15) is 24.4 Å². The summed E-state index contributed by atoms with van der Waals surface area (Å²) in [5, 5.41) is 2.95. The Labute approximate surface area is 138 Å². The molecule has 124 valence electrons. The maximum atomic E-state index is 13.1. The first kappa shape index (κ1) is 16.3. The number of nitrogens with one attached hydrogen (secondary N) is 1. The van der Waals surface area contributed by atoms with E-state index < -0.39 is 0 Å². The molecular weight excluding hydrogens is 319 g/mol. The molecule has 2 fully saturated rings. The minimum Gasteiger partial charge on any atom is -0.376 e. The Morgan fingerprint density at radius 1 is 1.43 bits per heavy atom. The van der Waals surface area contributed by atoms with Gasteiger partial charge in [0.2, 0.25) is 11.8 Å². The van der Waals surface area contributed by atoms with E-state index in [0.29, 0.717) is 18.2 Å². The van der Waals surface area contributed by atoms with Gasteiger partial charge >= 0.3 is 0 Å². The quantitative estimate of drug-likeness (QED) is 0.888. The summed E-state index contributed by atoms with van der Waals surface area (Å²) >= 11 is 1.50. The maximum Gasteiger partial charge on any atom is 0.240 e. The minimum absolute atomic E-state index is 0.0133. The Hall–Kier alpha value is -1.60. The zero-order chi connectivity index (χ0) is 16.2. The Morgan fingerprint density at radius 2 is 2.22 bits per heavy atom. The van der Waals surface area contributed by atoms with Gasteiger partial charge in [0.1, 0.15) is 12.4 Å². The SMILES string of the molecule is O=C(CN1CSCC1=O)N[C@@H](c1ccc(F)cc1)[C@@H]1CCCO1. The Bertz CT molecular complexity index is 575. The summed E-state index contributed by atoms with van der Waals surface area (Å²) in [5.41, 5.74) is 0.814. The molecule has 0 aromatic heterocycles. The molecule has 0 bridgehead atoms. The lowest BCUT2D eigenvalue weighted by Gasteiger charge is -2.26. The first-order chi connectivity index (χ1) is 11.1. The number of nitrogens with zero attached hydrogens (tertiary/aromatic N) is 1. The molecule has 2 amide bonds. The molecule has 2 atom stereocenters. The first-order valence-electron chi connectivity index (χ1n) is 7.65. The second kappa shape index (κ2) is 7.31. The molecule has 2 saturated heterocycles. The lowest BCUT2D eigenvalue weighted by molar-refractivity contribution is -0.133. The summed E-state index contributed by atoms with van der Waals surface area (Å²) < 4.78 is 18.8. The summed E-state index contributed by atoms with van der Waals surface area (Å²) in [4.78, 5) is 25.5. The predicted octanol–water partition coefficient (Wildman–Crippen LogP) is 1.69. The molecule has 23 heavy (non-hydrogen) atoms. The van der Waals surface area contributed by atoms with Gasteiger partial charge in [-0.3, -0.25) is 9.59 Å². The molecule has 2 aliphatic rings. The van der Waals surface area contributed by atoms with Crippen molar-refractivity contribution < 1.29 is 18.7 Å². The molecule has 2 heterocycles. The van der Waals surface area contributed by atoms with Gasteiger partial charge in [-0.2, -0.15) is 0 Å². The summed E-state index contributed by atoms with van der Waals surface area (Å²) in [7, 11) is 0. The van der Waals surface area contributed by atoms with Gasteiger partial charge in [-0.1, -0.05) is 12.1 Å². The van der Waals surface area contributed by atoms with Gasteiger partial charge in [0, 0.05) is 6.61 Å². The number of carbonyl (C=O) groups is 2. The third-order valence-electron chi connectivity index (χ3n) is 4.04. The van der Waals surface area contributed by atoms with Gasteiger partial charge in [0.25, 0.3) is 0 Å². The van der Waals surface area contributed by atoms with Crippen LogP contribution in [0.5, 0.6) is 0 Å². The molecule has 3 rings (SSSR count). The zero-order valence-corrected chi connectivity index (χ0v) is 13.5. The van der Waals surface area contributed by atoms with Crippen LogP contribution in [-0.2, 0) is 14.3 Å². The highest BCUT2D eigenvalue weighted by atomic mass is 32.2. The van der Waals surface area contributed by atoms with Gasteiger partial charge in [0.05, 0.1) is 23.8 Å². The standard InChI is InChI=1S/C16H19FN2O3S/c17-12-5-3-11(4-6-12)16(13-2-1-7-22-13)18-14(20)8-19-10-23-9-15(19)21/h3-6,13,16H,1-2,7-10H2,(H,18,20)/t13-,16-/m0/s1. The van der Waals surface area contributed by atoms with E-state index >= 15 is 0 Å². The minimum atomic E-state index is -0.323. The topological polar surface area (TPSA) is 58.6 Å². The monoisotopic (exact) mass is 338 g/mol. The smallest absolute Gasteiger partial charge is 0.240 e. The molecule has 1 aromatic rings. The Balaban J connectivity index is 1.69. The largest absolute Gasteiger partial charge is 0.376 e. The predicted molar refractivity (Wildman–Crippen MR) is 85.3 cm³/mol. The third-order valence-corrected chi connectivity index (χ3v) is 4.99. The average Bonchev–Trinajstić information content (AvgIpc) is 3.19. The van der Waals surface area contributed by atoms with Crippen molar-refractivity contribution in [3.8, 4) is 0 Å². The second-order valence-corrected chi connectivity index (χ2v) is 6.67. The van der Waals surface area contributed by atoms with Crippen molar-refractivity contribution in [3.05, 3.63) is 35.6 Å². The number of thioether (sulfide) groups is 1. The average molecular weight is 338 g/mol. The molecule has 7 heteroatoms. The molecule has 0 spiro atoms. The number of hydrogen-bond acceptors (Lipinski definition) is 4. The molecule has 1 N–H and O–H groups in total. The van der Waals surface area contributed by atoms with E-state index in [0.717, 1.165) is 18.4 Å². The van der Waals surface area contributed by atoms with E-state index in [1.807, 2.05) is 0 Å². The fraction of sp³-hybridized carbons (Fsp3) is 0.500. The highest BCUT2D eigenvalue weighted by Gasteiger charge is 2.30. The fourth-order valence-electron chi connectivity index (χ4n) is 2.86. The van der Waals surface area contributed by atoms with E-state index in [2.05, 4.69) is 5.32 Å². The lowest BCUT2D eigenvalue weighted by atomic mass is 9.99. The van der Waals surface area contributed by atoms with Crippen molar-refractivity contribution in [2.45, 2.75) is 25.0 Å². The number of carbonyl (C=O) groups excluding carboxylic acids is 2. The molecular formula is C16H19FN2O3S. The summed E-state index contributed by atoms with van der Waals surface area (Å²) in [6.45, 7) is 0.718. The van der Waals surface area contributed by atoms with E-state index in [1.165, 1.54) is 28.8 Å². The molecule has 0 unspecified atom stereocenters. The van der Waals surface area contributed by atoms with E-state index in [-0.39, 0.29) is 36.3 Å². The van der Waals surface area contributed by atoms with Crippen LogP contribution >= 0.6 is 11.8 Å². The van der Waals surface area contributed by atoms with Gasteiger partial charge < -0.3 is 15.0 Å². The van der Waals surface area contributed by atoms with Crippen LogP contribution in [-0.4, -0.2) is 47.6 Å². The van der Waals surface area contributed by atoms with Gasteiger partial charge in [0.15, 0.2) is 0 Å². The summed E-state index contributed by atoms with van der Waals surface area (Å²) in [6, 6.07) is 5.77. The number of ether oxygens (including phenoxy) is 1. The Morgan fingerprint density at radius 3 is 2.83 bits per heavy atom. The van der Waals surface area contributed by atoms with Gasteiger partial charge in [-0.25, -0.2) is 4.39 Å². The van der Waals surface area contributed by atoms with Crippen LogP contribution in [0.4, 0.5) is 4.39 Å². The number of halogens is 1. The van der Waals surface area contributed by atoms with Crippen LogP contribution in [0.3, 0.4) is 0 Å². The molecule has 2 aliphatic heterocycles. The summed E-state index contributed by atoms with van der Waals surface area (Å²) in [6.07, 6.45) is 1.67. The van der Waals surface area contributed by atoms with Gasteiger partial charge in [-0.15, -0.1) is 11.8 Å². The zero-order valence-electron chi connectivity index (χ0n) is 12.7. The Kier molecular flexibility index (Phi) is 5.17.